The number of nitrogens with one attached hydrogen (secondary N) is 1. The van der Waals surface area contributed by atoms with Gasteiger partial charge >= 0.3 is 29.6 Å². The second-order valence-corrected chi connectivity index (χ2v) is 12.4. The van der Waals surface area contributed by atoms with Gasteiger partial charge in [-0.05, 0) is 43.4 Å². The van der Waals surface area contributed by atoms with Gasteiger partial charge in [0.1, 0.15) is 42.7 Å². The first-order valence-electron chi connectivity index (χ1n) is 13.2. The molecule has 2 heterocycles. The zero-order valence-corrected chi connectivity index (χ0v) is 28.1. The molecule has 0 unspecified atom stereocenters. The normalized spacial score (nSPS) is 34.1. The molecule has 0 aromatic rings. The van der Waals surface area contributed by atoms with Crippen molar-refractivity contribution >= 4 is 40.7 Å². The van der Waals surface area contributed by atoms with Crippen LogP contribution in [0.5, 0.6) is 0 Å². The van der Waals surface area contributed by atoms with Gasteiger partial charge in [0.15, 0.2) is 12.6 Å². The van der Waals surface area contributed by atoms with Gasteiger partial charge in [-0.3, -0.25) is 8.98 Å². The molecule has 2 rings (SSSR count). The van der Waals surface area contributed by atoms with Crippen LogP contribution in [0.3, 0.4) is 0 Å². The van der Waals surface area contributed by atoms with Crippen molar-refractivity contribution in [2.75, 3.05) is 30.5 Å². The Labute approximate surface area is 273 Å². The smallest absolute Gasteiger partial charge is 0.726 e. The third-order valence-corrected chi connectivity index (χ3v) is 8.37. The van der Waals surface area contributed by atoms with Crippen LogP contribution in [0.4, 0.5) is 0 Å². The first-order valence-corrected chi connectivity index (χ1v) is 16.3. The predicted octanol–water partition coefficient (Wildman–Crippen LogP) is -4.10. The molecule has 0 bridgehead atoms. The Morgan fingerprint density at radius 1 is 1.00 bits per heavy atom. The summed E-state index contributed by atoms with van der Waals surface area (Å²) in [6, 6.07) is -1.58. The number of thioether (sulfide) groups is 1. The molecule has 10 atom stereocenters. The van der Waals surface area contributed by atoms with Crippen LogP contribution < -0.4 is 34.9 Å². The van der Waals surface area contributed by atoms with Gasteiger partial charge in [0.05, 0.1) is 19.3 Å². The van der Waals surface area contributed by atoms with Crippen molar-refractivity contribution in [1.82, 2.24) is 5.32 Å². The number of aliphatic hydroxyl groups is 4. The van der Waals surface area contributed by atoms with E-state index in [4.69, 9.17) is 18.9 Å². The maximum absolute atomic E-state index is 11.8. The summed E-state index contributed by atoms with van der Waals surface area (Å²) in [5.41, 5.74) is 0. The number of amides is 1. The fraction of sp³-hybridized carbons (Fsp3) is 0.957. The molecule has 2 saturated heterocycles. The molecule has 236 valence electrons. The SMILES string of the molecule is CC(=O)N[C@H]1[C@H](O[C@H]2[C@H](O)[C@@H](OCCCSCCCCCCS)O[C@@H](C)[C@H]2O)O[C@H](CO)[C@@H](O)[C@@H]1OS(=O)(=O)[O-].[Na+]. The Hall–Kier alpha value is 0.720. The summed E-state index contributed by atoms with van der Waals surface area (Å²) in [5.74, 6) is 2.06. The molecule has 18 heteroatoms. The molecular weight excluding hydrogens is 617 g/mol. The second-order valence-electron chi connectivity index (χ2n) is 9.68. The number of ether oxygens (including phenoxy) is 4. The maximum Gasteiger partial charge on any atom is 1.00 e. The van der Waals surface area contributed by atoms with E-state index < -0.39 is 84.3 Å². The van der Waals surface area contributed by atoms with E-state index in [0.717, 1.165) is 37.0 Å². The summed E-state index contributed by atoms with van der Waals surface area (Å²) in [4.78, 5) is 11.8. The zero-order chi connectivity index (χ0) is 29.9. The van der Waals surface area contributed by atoms with Crippen molar-refractivity contribution in [2.24, 2.45) is 0 Å². The molecule has 0 radical (unpaired) electrons. The molecule has 0 aromatic heterocycles. The third-order valence-electron chi connectivity index (χ3n) is 6.44. The Bertz CT molecular complexity index is 861. The molecule has 0 saturated carbocycles. The van der Waals surface area contributed by atoms with Gasteiger partial charge in [-0.1, -0.05) is 12.8 Å². The van der Waals surface area contributed by atoms with Gasteiger partial charge in [0, 0.05) is 6.92 Å². The fourth-order valence-corrected chi connectivity index (χ4v) is 6.07. The number of carbonyl (C=O) groups is 1. The van der Waals surface area contributed by atoms with E-state index in [2.05, 4.69) is 22.1 Å². The van der Waals surface area contributed by atoms with Crippen LogP contribution in [0.25, 0.3) is 0 Å². The van der Waals surface area contributed by atoms with Crippen LogP contribution in [0.15, 0.2) is 0 Å². The van der Waals surface area contributed by atoms with Crippen LogP contribution in [0.2, 0.25) is 0 Å². The minimum atomic E-state index is -5.37. The molecule has 0 spiro atoms. The van der Waals surface area contributed by atoms with Gasteiger partial charge < -0.3 is 49.2 Å². The van der Waals surface area contributed by atoms with Crippen molar-refractivity contribution < 1.29 is 90.9 Å². The largest absolute Gasteiger partial charge is 1.00 e. The Morgan fingerprint density at radius 2 is 1.66 bits per heavy atom. The summed E-state index contributed by atoms with van der Waals surface area (Å²) in [6.45, 7) is 2.03. The predicted molar refractivity (Wildman–Crippen MR) is 145 cm³/mol. The van der Waals surface area contributed by atoms with Crippen molar-refractivity contribution in [2.45, 2.75) is 107 Å². The second kappa shape index (κ2) is 20.0. The summed E-state index contributed by atoms with van der Waals surface area (Å²) in [6.07, 6.45) is -8.10. The molecule has 0 aliphatic carbocycles. The third kappa shape index (κ3) is 13.3. The number of hydrogen-bond acceptors (Lipinski definition) is 15. The van der Waals surface area contributed by atoms with Crippen molar-refractivity contribution in [1.29, 1.82) is 0 Å². The average molecular weight is 660 g/mol. The van der Waals surface area contributed by atoms with Crippen LogP contribution in [0, 0.1) is 0 Å². The van der Waals surface area contributed by atoms with E-state index in [0.29, 0.717) is 6.42 Å². The monoisotopic (exact) mass is 659 g/mol. The molecule has 2 aliphatic rings. The van der Waals surface area contributed by atoms with Crippen molar-refractivity contribution in [3.63, 3.8) is 0 Å². The van der Waals surface area contributed by atoms with Crippen molar-refractivity contribution in [3.8, 4) is 0 Å². The number of carbonyl (C=O) groups excluding carboxylic acids is 1. The molecular formula is C23H42NNaO13S3. The van der Waals surface area contributed by atoms with Gasteiger partial charge in [0.25, 0.3) is 0 Å². The number of aliphatic hydroxyl groups excluding tert-OH is 4. The summed E-state index contributed by atoms with van der Waals surface area (Å²) >= 11 is 6.00. The molecule has 2 aliphatic heterocycles. The topological polar surface area (TPSA) is 213 Å². The first kappa shape index (κ1) is 39.7. The van der Waals surface area contributed by atoms with Gasteiger partial charge in [0.2, 0.25) is 16.3 Å². The zero-order valence-electron chi connectivity index (χ0n) is 23.6. The Morgan fingerprint density at radius 3 is 2.27 bits per heavy atom. The molecule has 14 nitrogen and oxygen atoms in total. The summed E-state index contributed by atoms with van der Waals surface area (Å²) in [7, 11) is -5.37. The van der Waals surface area contributed by atoms with E-state index in [-0.39, 0.29) is 36.2 Å². The standard InChI is InChI=1S/C23H43NO13S3.Na/c1-13-17(27)21(19(29)23(34-13)33-8-7-11-39-10-6-4-3-5-9-38)36-22-16(24-14(2)26)20(37-40(30,31)32)18(28)15(12-25)35-22;/h13,15-23,25,27-29,38H,3-12H2,1-2H3,(H,24,26)(H,30,31,32);/q;+1/p-1/t13-,15+,16+,17+,18+,19-,20+,21+,22-,23-;/m0./s1. The fourth-order valence-electron chi connectivity index (χ4n) is 4.40. The van der Waals surface area contributed by atoms with E-state index in [1.54, 1.807) is 11.8 Å². The molecule has 0 aromatic carbocycles. The molecule has 2 fully saturated rings. The van der Waals surface area contributed by atoms with Crippen molar-refractivity contribution in [3.05, 3.63) is 0 Å². The number of rotatable bonds is 17. The Balaban J connectivity index is 0.00000840. The number of unbranched alkanes of at least 4 members (excludes halogenated alkanes) is 3. The molecule has 5 N–H and O–H groups in total. The Kier molecular flexibility index (Phi) is 19.4. The van der Waals surface area contributed by atoms with Gasteiger partial charge in [-0.15, -0.1) is 0 Å². The van der Waals surface area contributed by atoms with Crippen LogP contribution in [0.1, 0.15) is 46.0 Å². The molecule has 1 amide bonds. The van der Waals surface area contributed by atoms with E-state index in [1.165, 1.54) is 19.8 Å². The number of thiol groups is 1. The van der Waals surface area contributed by atoms with Crippen LogP contribution in [-0.4, -0.2) is 131 Å². The van der Waals surface area contributed by atoms with Gasteiger partial charge in [-0.2, -0.15) is 24.4 Å². The van der Waals surface area contributed by atoms with Crippen LogP contribution >= 0.6 is 24.4 Å². The summed E-state index contributed by atoms with van der Waals surface area (Å²) in [5, 5.41) is 44.0. The first-order chi connectivity index (χ1) is 18.9. The number of hydrogen-bond donors (Lipinski definition) is 6. The van der Waals surface area contributed by atoms with Crippen LogP contribution in [-0.2, 0) is 38.3 Å². The minimum absolute atomic E-state index is 0. The van der Waals surface area contributed by atoms with E-state index in [9.17, 15) is 38.2 Å². The molecule has 41 heavy (non-hydrogen) atoms. The maximum atomic E-state index is 11.8. The summed E-state index contributed by atoms with van der Waals surface area (Å²) < 4.78 is 61.1. The quantitative estimate of drug-likeness (QED) is 0.0288. The minimum Gasteiger partial charge on any atom is -0.726 e. The van der Waals surface area contributed by atoms with E-state index in [1.807, 2.05) is 0 Å². The van der Waals surface area contributed by atoms with E-state index >= 15 is 0 Å². The average Bonchev–Trinajstić information content (AvgIpc) is 2.88. The van der Waals surface area contributed by atoms with Gasteiger partial charge in [-0.25, -0.2) is 8.42 Å².